The lowest BCUT2D eigenvalue weighted by Gasteiger charge is -2.17. The number of aliphatic carboxylic acids is 1. The fourth-order valence-electron chi connectivity index (χ4n) is 2.17. The fourth-order valence-corrected chi connectivity index (χ4v) is 2.17. The Morgan fingerprint density at radius 2 is 2.24 bits per heavy atom. The van der Waals surface area contributed by atoms with Crippen LogP contribution in [0.15, 0.2) is 18.2 Å². The number of halogens is 1. The molecule has 5 heteroatoms. The lowest BCUT2D eigenvalue weighted by molar-refractivity contribution is -0.137. The molecule has 1 aromatic rings. The van der Waals surface area contributed by atoms with Gasteiger partial charge in [-0.05, 0) is 50.4 Å². The minimum Gasteiger partial charge on any atom is -0.481 e. The third-order valence-electron chi connectivity index (χ3n) is 3.23. The molecule has 0 saturated carbocycles. The molecule has 1 unspecified atom stereocenters. The Hall–Kier alpha value is -1.46. The van der Waals surface area contributed by atoms with Gasteiger partial charge in [0.1, 0.15) is 5.82 Å². The van der Waals surface area contributed by atoms with Gasteiger partial charge >= 0.3 is 5.97 Å². The molecule has 0 bridgehead atoms. The maximum atomic E-state index is 13.2. The van der Waals surface area contributed by atoms with Crippen LogP contribution in [0.1, 0.15) is 30.9 Å². The smallest absolute Gasteiger partial charge is 0.304 e. The van der Waals surface area contributed by atoms with E-state index in [4.69, 9.17) is 9.84 Å². The predicted molar refractivity (Wildman–Crippen MR) is 80.0 cm³/mol. The molecule has 0 radical (unpaired) electrons. The number of carbonyl (C=O) groups is 1. The number of hydrogen-bond acceptors (Lipinski definition) is 3. The Kier molecular flexibility index (Phi) is 7.93. The summed E-state index contributed by atoms with van der Waals surface area (Å²) < 4.78 is 18.5. The minimum absolute atomic E-state index is 0.0467. The van der Waals surface area contributed by atoms with Crippen molar-refractivity contribution in [1.82, 2.24) is 5.32 Å². The van der Waals surface area contributed by atoms with E-state index in [2.05, 4.69) is 5.32 Å². The summed E-state index contributed by atoms with van der Waals surface area (Å²) in [6, 6.07) is 4.75. The van der Waals surface area contributed by atoms with Crippen molar-refractivity contribution in [2.24, 2.45) is 0 Å². The first-order valence-corrected chi connectivity index (χ1v) is 7.31. The third kappa shape index (κ3) is 7.20. The second-order valence-corrected chi connectivity index (χ2v) is 5.09. The van der Waals surface area contributed by atoms with Gasteiger partial charge in [-0.25, -0.2) is 4.39 Å². The van der Waals surface area contributed by atoms with Crippen LogP contribution in [0, 0.1) is 12.7 Å². The highest BCUT2D eigenvalue weighted by Gasteiger charge is 2.14. The monoisotopic (exact) mass is 297 g/mol. The average Bonchev–Trinajstić information content (AvgIpc) is 2.42. The minimum atomic E-state index is -0.837. The SMILES string of the molecule is CCOCCCNC(CC(=O)O)Cc1ccc(F)c(C)c1. The van der Waals surface area contributed by atoms with Crippen LogP contribution in [0.5, 0.6) is 0 Å². The molecular weight excluding hydrogens is 273 g/mol. The Balaban J connectivity index is 2.52. The number of ether oxygens (including phenoxy) is 1. The molecule has 0 spiro atoms. The Bertz CT molecular complexity index is 451. The first-order chi connectivity index (χ1) is 10.0. The van der Waals surface area contributed by atoms with E-state index in [1.165, 1.54) is 6.07 Å². The Labute approximate surface area is 125 Å². The van der Waals surface area contributed by atoms with Gasteiger partial charge in [0.15, 0.2) is 0 Å². The molecule has 0 fully saturated rings. The first kappa shape index (κ1) is 17.6. The normalized spacial score (nSPS) is 12.3. The lowest BCUT2D eigenvalue weighted by Crippen LogP contribution is -2.34. The molecule has 1 aromatic carbocycles. The van der Waals surface area contributed by atoms with E-state index in [1.54, 1.807) is 19.1 Å². The zero-order chi connectivity index (χ0) is 15.7. The molecule has 1 rings (SSSR count). The summed E-state index contributed by atoms with van der Waals surface area (Å²) in [5, 5.41) is 12.2. The lowest BCUT2D eigenvalue weighted by atomic mass is 10.0. The summed E-state index contributed by atoms with van der Waals surface area (Å²) in [5.41, 5.74) is 1.52. The molecule has 0 amide bonds. The highest BCUT2D eigenvalue weighted by atomic mass is 19.1. The standard InChI is InChI=1S/C16H24FNO3/c1-3-21-8-4-7-18-14(11-16(19)20)10-13-5-6-15(17)12(2)9-13/h5-6,9,14,18H,3-4,7-8,10-11H2,1-2H3,(H,19,20). The van der Waals surface area contributed by atoms with Crippen LogP contribution in [0.4, 0.5) is 4.39 Å². The summed E-state index contributed by atoms with van der Waals surface area (Å²) >= 11 is 0. The van der Waals surface area contributed by atoms with Crippen LogP contribution in [-0.2, 0) is 16.0 Å². The fraction of sp³-hybridized carbons (Fsp3) is 0.562. The van der Waals surface area contributed by atoms with Crippen LogP contribution < -0.4 is 5.32 Å². The number of benzene rings is 1. The number of rotatable bonds is 10. The van der Waals surface area contributed by atoms with E-state index in [-0.39, 0.29) is 18.3 Å². The third-order valence-corrected chi connectivity index (χ3v) is 3.23. The van der Waals surface area contributed by atoms with Gasteiger partial charge in [-0.3, -0.25) is 4.79 Å². The van der Waals surface area contributed by atoms with E-state index in [9.17, 15) is 9.18 Å². The Morgan fingerprint density at radius 1 is 1.48 bits per heavy atom. The molecule has 1 atom stereocenters. The molecule has 2 N–H and O–H groups in total. The van der Waals surface area contributed by atoms with E-state index in [0.717, 1.165) is 12.0 Å². The van der Waals surface area contributed by atoms with Crippen molar-refractivity contribution in [2.75, 3.05) is 19.8 Å². The summed E-state index contributed by atoms with van der Waals surface area (Å²) in [6.07, 6.45) is 1.46. The van der Waals surface area contributed by atoms with Crippen molar-refractivity contribution in [3.05, 3.63) is 35.1 Å². The Morgan fingerprint density at radius 3 is 2.86 bits per heavy atom. The number of aryl methyl sites for hydroxylation is 1. The molecule has 0 aromatic heterocycles. The summed E-state index contributed by atoms with van der Waals surface area (Å²) in [4.78, 5) is 10.9. The van der Waals surface area contributed by atoms with Gasteiger partial charge < -0.3 is 15.2 Å². The van der Waals surface area contributed by atoms with Crippen LogP contribution in [-0.4, -0.2) is 36.9 Å². The van der Waals surface area contributed by atoms with E-state index < -0.39 is 5.97 Å². The van der Waals surface area contributed by atoms with E-state index in [0.29, 0.717) is 31.7 Å². The van der Waals surface area contributed by atoms with Gasteiger partial charge in [0, 0.05) is 19.3 Å². The highest BCUT2D eigenvalue weighted by molar-refractivity contribution is 5.67. The number of carboxylic acid groups (broad SMARTS) is 1. The average molecular weight is 297 g/mol. The number of carboxylic acids is 1. The maximum absolute atomic E-state index is 13.2. The van der Waals surface area contributed by atoms with E-state index in [1.807, 2.05) is 6.92 Å². The van der Waals surface area contributed by atoms with Gasteiger partial charge in [-0.15, -0.1) is 0 Å². The topological polar surface area (TPSA) is 58.6 Å². The molecule has 4 nitrogen and oxygen atoms in total. The summed E-state index contributed by atoms with van der Waals surface area (Å²) in [5.74, 6) is -1.07. The molecule has 0 aliphatic heterocycles. The molecule has 21 heavy (non-hydrogen) atoms. The molecule has 0 heterocycles. The number of hydrogen-bond donors (Lipinski definition) is 2. The van der Waals surface area contributed by atoms with Crippen LogP contribution >= 0.6 is 0 Å². The maximum Gasteiger partial charge on any atom is 0.304 e. The highest BCUT2D eigenvalue weighted by Crippen LogP contribution is 2.12. The second kappa shape index (κ2) is 9.47. The van der Waals surface area contributed by atoms with Crippen LogP contribution in [0.25, 0.3) is 0 Å². The van der Waals surface area contributed by atoms with Gasteiger partial charge in [-0.1, -0.05) is 12.1 Å². The first-order valence-electron chi connectivity index (χ1n) is 7.31. The van der Waals surface area contributed by atoms with Crippen LogP contribution in [0.3, 0.4) is 0 Å². The van der Waals surface area contributed by atoms with Crippen molar-refractivity contribution in [3.8, 4) is 0 Å². The predicted octanol–water partition coefficient (Wildman–Crippen LogP) is 2.54. The molecule has 0 saturated heterocycles. The van der Waals surface area contributed by atoms with Crippen molar-refractivity contribution in [1.29, 1.82) is 0 Å². The van der Waals surface area contributed by atoms with Gasteiger partial charge in [0.2, 0.25) is 0 Å². The van der Waals surface area contributed by atoms with Gasteiger partial charge in [0.25, 0.3) is 0 Å². The quantitative estimate of drug-likeness (QED) is 0.652. The van der Waals surface area contributed by atoms with Crippen molar-refractivity contribution < 1.29 is 19.0 Å². The van der Waals surface area contributed by atoms with Gasteiger partial charge in [0.05, 0.1) is 6.42 Å². The zero-order valence-electron chi connectivity index (χ0n) is 12.7. The van der Waals surface area contributed by atoms with Gasteiger partial charge in [-0.2, -0.15) is 0 Å². The summed E-state index contributed by atoms with van der Waals surface area (Å²) in [7, 11) is 0. The second-order valence-electron chi connectivity index (χ2n) is 5.09. The molecular formula is C16H24FNO3. The van der Waals surface area contributed by atoms with E-state index >= 15 is 0 Å². The molecule has 0 aliphatic rings. The summed E-state index contributed by atoms with van der Waals surface area (Å²) in [6.45, 7) is 5.71. The van der Waals surface area contributed by atoms with Crippen molar-refractivity contribution in [3.63, 3.8) is 0 Å². The zero-order valence-corrected chi connectivity index (χ0v) is 12.7. The molecule has 118 valence electrons. The molecule has 0 aliphatic carbocycles. The largest absolute Gasteiger partial charge is 0.481 e. The van der Waals surface area contributed by atoms with Crippen LogP contribution in [0.2, 0.25) is 0 Å². The number of nitrogens with one attached hydrogen (secondary N) is 1. The van der Waals surface area contributed by atoms with Crippen molar-refractivity contribution in [2.45, 2.75) is 39.2 Å². The van der Waals surface area contributed by atoms with Crippen molar-refractivity contribution >= 4 is 5.97 Å².